The summed E-state index contributed by atoms with van der Waals surface area (Å²) in [6.07, 6.45) is 6.08. The van der Waals surface area contributed by atoms with Gasteiger partial charge >= 0.3 is 0 Å². The van der Waals surface area contributed by atoms with Gasteiger partial charge in [-0.25, -0.2) is 0 Å². The molecule has 3 nitrogen and oxygen atoms in total. The minimum absolute atomic E-state index is 0.140. The third-order valence-electron chi connectivity index (χ3n) is 4.54. The van der Waals surface area contributed by atoms with Crippen LogP contribution < -0.4 is 4.90 Å². The third kappa shape index (κ3) is 4.05. The second-order valence-electron chi connectivity index (χ2n) is 6.72. The summed E-state index contributed by atoms with van der Waals surface area (Å²) >= 11 is 1.71. The molecule has 2 aromatic rings. The SMILES string of the molecule is CN(C)CCN(C(=O)c1cc2c(s1)CCCCC2)c1ccccc1. The zero-order valence-corrected chi connectivity index (χ0v) is 15.4. The molecule has 0 atom stereocenters. The Kier molecular flexibility index (Phi) is 5.69. The van der Waals surface area contributed by atoms with Crippen LogP contribution in [-0.4, -0.2) is 38.0 Å². The lowest BCUT2D eigenvalue weighted by molar-refractivity contribution is 0.0989. The van der Waals surface area contributed by atoms with Crippen molar-refractivity contribution in [1.82, 2.24) is 4.90 Å². The van der Waals surface area contributed by atoms with Crippen LogP contribution in [0.1, 0.15) is 39.4 Å². The molecular formula is C20H26N2OS. The molecule has 0 saturated heterocycles. The fraction of sp³-hybridized carbons (Fsp3) is 0.450. The second kappa shape index (κ2) is 7.95. The summed E-state index contributed by atoms with van der Waals surface area (Å²) < 4.78 is 0. The zero-order valence-electron chi connectivity index (χ0n) is 14.6. The average molecular weight is 343 g/mol. The van der Waals surface area contributed by atoms with Gasteiger partial charge in [0.05, 0.1) is 4.88 Å². The molecule has 0 fully saturated rings. The summed E-state index contributed by atoms with van der Waals surface area (Å²) in [5.41, 5.74) is 2.38. The number of hydrogen-bond acceptors (Lipinski definition) is 3. The van der Waals surface area contributed by atoms with E-state index in [0.29, 0.717) is 6.54 Å². The van der Waals surface area contributed by atoms with Crippen LogP contribution in [0, 0.1) is 0 Å². The van der Waals surface area contributed by atoms with Crippen LogP contribution in [0.5, 0.6) is 0 Å². The van der Waals surface area contributed by atoms with Crippen LogP contribution in [0.2, 0.25) is 0 Å². The van der Waals surface area contributed by atoms with E-state index in [1.807, 2.05) is 49.3 Å². The molecule has 0 unspecified atom stereocenters. The molecular weight excluding hydrogens is 316 g/mol. The molecule has 1 aromatic heterocycles. The van der Waals surface area contributed by atoms with Crippen LogP contribution >= 0.6 is 11.3 Å². The van der Waals surface area contributed by atoms with Crippen LogP contribution in [0.15, 0.2) is 36.4 Å². The lowest BCUT2D eigenvalue weighted by atomic mass is 10.1. The predicted octanol–water partition coefficient (Wildman–Crippen LogP) is 4.23. The number of aryl methyl sites for hydroxylation is 2. The summed E-state index contributed by atoms with van der Waals surface area (Å²) in [4.78, 5) is 19.5. The molecule has 0 bridgehead atoms. The molecule has 0 N–H and O–H groups in total. The maximum absolute atomic E-state index is 13.2. The standard InChI is InChI=1S/C20H26N2OS/c1-21(2)13-14-22(17-10-6-4-7-11-17)20(23)19-15-16-9-5-3-8-12-18(16)24-19/h4,6-7,10-11,15H,3,5,8-9,12-14H2,1-2H3. The highest BCUT2D eigenvalue weighted by molar-refractivity contribution is 7.14. The Hall–Kier alpha value is -1.65. The number of benzene rings is 1. The van der Waals surface area contributed by atoms with Crippen molar-refractivity contribution in [2.45, 2.75) is 32.1 Å². The van der Waals surface area contributed by atoms with Gasteiger partial charge in [-0.2, -0.15) is 0 Å². The molecule has 0 radical (unpaired) electrons. The number of amides is 1. The van der Waals surface area contributed by atoms with E-state index < -0.39 is 0 Å². The number of carbonyl (C=O) groups is 1. The van der Waals surface area contributed by atoms with Gasteiger partial charge in [0.25, 0.3) is 5.91 Å². The van der Waals surface area contributed by atoms with Crippen LogP contribution in [-0.2, 0) is 12.8 Å². The molecule has 1 aliphatic carbocycles. The quantitative estimate of drug-likeness (QED) is 0.759. The number of anilines is 1. The van der Waals surface area contributed by atoms with E-state index in [1.54, 1.807) is 11.3 Å². The molecule has 1 amide bonds. The topological polar surface area (TPSA) is 23.6 Å². The first-order valence-corrected chi connectivity index (χ1v) is 9.60. The number of rotatable bonds is 5. The summed E-state index contributed by atoms with van der Waals surface area (Å²) in [6.45, 7) is 1.56. The van der Waals surface area contributed by atoms with E-state index in [-0.39, 0.29) is 5.91 Å². The van der Waals surface area contributed by atoms with Gasteiger partial charge in [-0.15, -0.1) is 11.3 Å². The molecule has 24 heavy (non-hydrogen) atoms. The first kappa shape index (κ1) is 17.2. The normalized spacial score (nSPS) is 14.3. The van der Waals surface area contributed by atoms with Gasteiger partial charge in [0, 0.05) is 23.7 Å². The van der Waals surface area contributed by atoms with Crippen LogP contribution in [0.3, 0.4) is 0 Å². The summed E-state index contributed by atoms with van der Waals surface area (Å²) in [5, 5.41) is 0. The first-order chi connectivity index (χ1) is 11.6. The largest absolute Gasteiger partial charge is 0.308 e. The lowest BCUT2D eigenvalue weighted by Gasteiger charge is -2.24. The average Bonchev–Trinajstić information content (AvgIpc) is 2.86. The maximum atomic E-state index is 13.2. The Morgan fingerprint density at radius 2 is 1.79 bits per heavy atom. The number of carbonyl (C=O) groups excluding carboxylic acids is 1. The van der Waals surface area contributed by atoms with Crippen molar-refractivity contribution < 1.29 is 4.79 Å². The van der Waals surface area contributed by atoms with Crippen molar-refractivity contribution in [3.63, 3.8) is 0 Å². The molecule has 3 rings (SSSR count). The fourth-order valence-corrected chi connectivity index (χ4v) is 4.36. The van der Waals surface area contributed by atoms with Gasteiger partial charge in [0.15, 0.2) is 0 Å². The molecule has 4 heteroatoms. The van der Waals surface area contributed by atoms with Crippen molar-refractivity contribution in [1.29, 1.82) is 0 Å². The van der Waals surface area contributed by atoms with Gasteiger partial charge in [-0.1, -0.05) is 24.6 Å². The number of likely N-dealkylation sites (N-methyl/N-ethyl adjacent to an activating group) is 1. The second-order valence-corrected chi connectivity index (χ2v) is 7.85. The Bertz CT molecular complexity index is 655. The zero-order chi connectivity index (χ0) is 16.9. The lowest BCUT2D eigenvalue weighted by Crippen LogP contribution is -2.36. The molecule has 128 valence electrons. The summed E-state index contributed by atoms with van der Waals surface area (Å²) in [7, 11) is 4.09. The molecule has 0 saturated carbocycles. The molecule has 1 aromatic carbocycles. The predicted molar refractivity (Wildman–Crippen MR) is 102 cm³/mol. The summed E-state index contributed by atoms with van der Waals surface area (Å²) in [6, 6.07) is 12.2. The fourth-order valence-electron chi connectivity index (χ4n) is 3.16. The van der Waals surface area contributed by atoms with Gasteiger partial charge < -0.3 is 9.80 Å². The molecule has 1 heterocycles. The number of hydrogen-bond donors (Lipinski definition) is 0. The molecule has 0 spiro atoms. The Balaban J connectivity index is 1.85. The number of nitrogens with zero attached hydrogens (tertiary/aromatic N) is 2. The first-order valence-electron chi connectivity index (χ1n) is 8.78. The Morgan fingerprint density at radius 3 is 2.54 bits per heavy atom. The Labute approximate surface area is 148 Å². The van der Waals surface area contributed by atoms with E-state index in [4.69, 9.17) is 0 Å². The van der Waals surface area contributed by atoms with Crippen molar-refractivity contribution in [2.75, 3.05) is 32.1 Å². The van der Waals surface area contributed by atoms with E-state index in [9.17, 15) is 4.79 Å². The number of fused-ring (bicyclic) bond motifs is 1. The molecule has 1 aliphatic rings. The minimum Gasteiger partial charge on any atom is -0.308 e. The van der Waals surface area contributed by atoms with E-state index in [0.717, 1.165) is 30.0 Å². The highest BCUT2D eigenvalue weighted by atomic mass is 32.1. The van der Waals surface area contributed by atoms with Crippen LogP contribution in [0.4, 0.5) is 5.69 Å². The third-order valence-corrected chi connectivity index (χ3v) is 5.77. The van der Waals surface area contributed by atoms with Gasteiger partial charge in [0.1, 0.15) is 0 Å². The minimum atomic E-state index is 0.140. The van der Waals surface area contributed by atoms with Crippen molar-refractivity contribution >= 4 is 22.9 Å². The van der Waals surface area contributed by atoms with Crippen molar-refractivity contribution in [3.8, 4) is 0 Å². The van der Waals surface area contributed by atoms with E-state index in [1.165, 1.54) is 29.7 Å². The Morgan fingerprint density at radius 1 is 1.04 bits per heavy atom. The summed E-state index contributed by atoms with van der Waals surface area (Å²) in [5.74, 6) is 0.140. The van der Waals surface area contributed by atoms with Gasteiger partial charge in [-0.05, 0) is 63.5 Å². The van der Waals surface area contributed by atoms with Gasteiger partial charge in [-0.3, -0.25) is 4.79 Å². The highest BCUT2D eigenvalue weighted by Crippen LogP contribution is 2.30. The number of thiophene rings is 1. The van der Waals surface area contributed by atoms with Gasteiger partial charge in [0.2, 0.25) is 0 Å². The van der Waals surface area contributed by atoms with Crippen molar-refractivity contribution in [3.05, 3.63) is 51.7 Å². The smallest absolute Gasteiger partial charge is 0.268 e. The highest BCUT2D eigenvalue weighted by Gasteiger charge is 2.22. The van der Waals surface area contributed by atoms with E-state index in [2.05, 4.69) is 11.0 Å². The van der Waals surface area contributed by atoms with Crippen LogP contribution in [0.25, 0.3) is 0 Å². The monoisotopic (exact) mass is 342 g/mol. The molecule has 0 aliphatic heterocycles. The van der Waals surface area contributed by atoms with Crippen molar-refractivity contribution in [2.24, 2.45) is 0 Å². The number of para-hydroxylation sites is 1. The van der Waals surface area contributed by atoms with E-state index >= 15 is 0 Å². The maximum Gasteiger partial charge on any atom is 0.268 e.